The van der Waals surface area contributed by atoms with Crippen molar-refractivity contribution in [3.63, 3.8) is 0 Å². The largest absolute Gasteiger partial charge is 0.383 e. The minimum Gasteiger partial charge on any atom is -0.383 e. The van der Waals surface area contributed by atoms with Gasteiger partial charge in [-0.1, -0.05) is 19.9 Å². The summed E-state index contributed by atoms with van der Waals surface area (Å²) in [6, 6.07) is 7.69. The molecule has 4 heterocycles. The summed E-state index contributed by atoms with van der Waals surface area (Å²) in [6.45, 7) is 5.31. The van der Waals surface area contributed by atoms with Crippen LogP contribution in [0.1, 0.15) is 67.6 Å². The molecule has 3 N–H and O–H groups in total. The van der Waals surface area contributed by atoms with Gasteiger partial charge in [0.15, 0.2) is 0 Å². The lowest BCUT2D eigenvalue weighted by Crippen LogP contribution is -2.46. The monoisotopic (exact) mass is 534 g/mol. The fraction of sp³-hybridized carbons (Fsp3) is 0.464. The molecule has 3 amide bonds. The predicted molar refractivity (Wildman–Crippen MR) is 149 cm³/mol. The normalized spacial score (nSPS) is 22.1. The Labute approximate surface area is 226 Å². The summed E-state index contributed by atoms with van der Waals surface area (Å²) < 4.78 is 1.07. The molecular formula is C28H34N6O3S. The molecule has 10 heteroatoms. The number of carbonyl (C=O) groups excluding carboxylic acids is 3. The van der Waals surface area contributed by atoms with Crippen molar-refractivity contribution in [3.05, 3.63) is 46.6 Å². The molecule has 2 aromatic heterocycles. The summed E-state index contributed by atoms with van der Waals surface area (Å²) in [6.07, 6.45) is 5.30. The second-order valence-electron chi connectivity index (χ2n) is 10.5. The number of rotatable bonds is 4. The van der Waals surface area contributed by atoms with Crippen molar-refractivity contribution in [1.82, 2.24) is 19.8 Å². The van der Waals surface area contributed by atoms with Crippen LogP contribution in [0.5, 0.6) is 0 Å². The smallest absolute Gasteiger partial charge is 0.313 e. The molecule has 0 aliphatic carbocycles. The Morgan fingerprint density at radius 2 is 2.03 bits per heavy atom. The van der Waals surface area contributed by atoms with E-state index in [1.165, 1.54) is 6.20 Å². The quantitative estimate of drug-likeness (QED) is 0.486. The third-order valence-corrected chi connectivity index (χ3v) is 8.93. The number of aryl methyl sites for hydroxylation is 1. The van der Waals surface area contributed by atoms with Crippen molar-refractivity contribution < 1.29 is 14.4 Å². The van der Waals surface area contributed by atoms with Gasteiger partial charge >= 0.3 is 11.8 Å². The van der Waals surface area contributed by atoms with E-state index < -0.39 is 11.8 Å². The number of hydrogen-bond acceptors (Lipinski definition) is 7. The summed E-state index contributed by atoms with van der Waals surface area (Å²) in [5.41, 5.74) is 9.01. The molecule has 1 aromatic carbocycles. The lowest BCUT2D eigenvalue weighted by atomic mass is 9.89. The van der Waals surface area contributed by atoms with Crippen LogP contribution in [0.4, 0.5) is 11.5 Å². The van der Waals surface area contributed by atoms with E-state index in [2.05, 4.69) is 23.3 Å². The van der Waals surface area contributed by atoms with Gasteiger partial charge in [0.25, 0.3) is 0 Å². The maximum Gasteiger partial charge on any atom is 0.313 e. The third kappa shape index (κ3) is 5.22. The van der Waals surface area contributed by atoms with Crippen molar-refractivity contribution in [2.75, 3.05) is 31.2 Å². The topological polar surface area (TPSA) is 122 Å². The van der Waals surface area contributed by atoms with Gasteiger partial charge in [-0.3, -0.25) is 14.4 Å². The summed E-state index contributed by atoms with van der Waals surface area (Å²) in [5, 5.41) is 3.71. The SMILES string of the molecule is CCc1cc(NC(=O)C(=O)N2C[C@@H](C)CC[C@@H]2c2ccc3sc([C@H]4CCN(C)C(=O)C4)nc3c2)cnc1N. The van der Waals surface area contributed by atoms with E-state index in [1.807, 2.05) is 26.1 Å². The van der Waals surface area contributed by atoms with Crippen molar-refractivity contribution in [1.29, 1.82) is 0 Å². The van der Waals surface area contributed by atoms with Crippen LogP contribution in [0.15, 0.2) is 30.5 Å². The number of piperidine rings is 2. The Balaban J connectivity index is 1.36. The van der Waals surface area contributed by atoms with Crippen LogP contribution in [0.3, 0.4) is 0 Å². The van der Waals surface area contributed by atoms with Crippen LogP contribution < -0.4 is 11.1 Å². The van der Waals surface area contributed by atoms with Gasteiger partial charge in [-0.2, -0.15) is 0 Å². The summed E-state index contributed by atoms with van der Waals surface area (Å²) in [4.78, 5) is 51.1. The molecule has 5 rings (SSSR count). The molecule has 2 aliphatic heterocycles. The van der Waals surface area contributed by atoms with E-state index in [1.54, 1.807) is 27.2 Å². The third-order valence-electron chi connectivity index (χ3n) is 7.73. The minimum absolute atomic E-state index is 0.146. The zero-order valence-electron chi connectivity index (χ0n) is 22.1. The Morgan fingerprint density at radius 1 is 1.21 bits per heavy atom. The average molecular weight is 535 g/mol. The first kappa shape index (κ1) is 26.1. The van der Waals surface area contributed by atoms with E-state index in [-0.39, 0.29) is 17.9 Å². The average Bonchev–Trinajstić information content (AvgIpc) is 3.34. The van der Waals surface area contributed by atoms with Crippen LogP contribution in [0, 0.1) is 5.92 Å². The summed E-state index contributed by atoms with van der Waals surface area (Å²) in [7, 11) is 1.84. The zero-order valence-corrected chi connectivity index (χ0v) is 22.9. The highest BCUT2D eigenvalue weighted by molar-refractivity contribution is 7.18. The van der Waals surface area contributed by atoms with E-state index in [4.69, 9.17) is 10.7 Å². The summed E-state index contributed by atoms with van der Waals surface area (Å²) >= 11 is 1.64. The summed E-state index contributed by atoms with van der Waals surface area (Å²) in [5.74, 6) is -0.213. The van der Waals surface area contributed by atoms with Gasteiger partial charge in [0.05, 0.1) is 33.2 Å². The first-order valence-corrected chi connectivity index (χ1v) is 14.1. The number of likely N-dealkylation sites (tertiary alicyclic amines) is 2. The van der Waals surface area contributed by atoms with Crippen LogP contribution >= 0.6 is 11.3 Å². The molecule has 200 valence electrons. The highest BCUT2D eigenvalue weighted by atomic mass is 32.1. The van der Waals surface area contributed by atoms with E-state index in [0.717, 1.165) is 52.2 Å². The molecule has 0 radical (unpaired) electrons. The second-order valence-corrected chi connectivity index (χ2v) is 11.6. The number of aromatic nitrogens is 2. The molecule has 3 aromatic rings. The van der Waals surface area contributed by atoms with Crippen LogP contribution in [0.25, 0.3) is 10.2 Å². The number of nitrogens with two attached hydrogens (primary N) is 1. The number of carbonyl (C=O) groups is 3. The van der Waals surface area contributed by atoms with Crippen molar-refractivity contribution in [2.45, 2.75) is 57.9 Å². The van der Waals surface area contributed by atoms with Crippen molar-refractivity contribution >= 4 is 50.8 Å². The fourth-order valence-electron chi connectivity index (χ4n) is 5.41. The molecule has 0 spiro atoms. The van der Waals surface area contributed by atoms with Gasteiger partial charge in [0.1, 0.15) is 5.82 Å². The lowest BCUT2D eigenvalue weighted by molar-refractivity contribution is -0.146. The molecular weight excluding hydrogens is 500 g/mol. The van der Waals surface area contributed by atoms with E-state index in [0.29, 0.717) is 36.8 Å². The molecule has 38 heavy (non-hydrogen) atoms. The Bertz CT molecular complexity index is 1390. The number of amides is 3. The first-order chi connectivity index (χ1) is 18.2. The van der Waals surface area contributed by atoms with E-state index in [9.17, 15) is 14.4 Å². The number of hydrogen-bond donors (Lipinski definition) is 2. The van der Waals surface area contributed by atoms with Gasteiger partial charge in [-0.05, 0) is 60.9 Å². The highest BCUT2D eigenvalue weighted by Crippen LogP contribution is 2.38. The van der Waals surface area contributed by atoms with Crippen molar-refractivity contribution in [3.8, 4) is 0 Å². The molecule has 3 atom stereocenters. The number of fused-ring (bicyclic) bond motifs is 1. The fourth-order valence-corrected chi connectivity index (χ4v) is 6.49. The number of nitrogens with one attached hydrogen (secondary N) is 1. The van der Waals surface area contributed by atoms with Gasteiger partial charge in [0, 0.05) is 32.5 Å². The van der Waals surface area contributed by atoms with Gasteiger partial charge in [-0.25, -0.2) is 9.97 Å². The lowest BCUT2D eigenvalue weighted by Gasteiger charge is -2.38. The second kappa shape index (κ2) is 10.7. The molecule has 2 saturated heterocycles. The molecule has 9 nitrogen and oxygen atoms in total. The molecule has 0 unspecified atom stereocenters. The number of benzene rings is 1. The highest BCUT2D eigenvalue weighted by Gasteiger charge is 2.35. The first-order valence-electron chi connectivity index (χ1n) is 13.2. The van der Waals surface area contributed by atoms with Gasteiger partial charge in [-0.15, -0.1) is 11.3 Å². The molecule has 2 fully saturated rings. The minimum atomic E-state index is -0.679. The molecule has 0 bridgehead atoms. The number of pyridine rings is 1. The van der Waals surface area contributed by atoms with Crippen LogP contribution in [-0.2, 0) is 20.8 Å². The number of nitrogens with zero attached hydrogens (tertiary/aromatic N) is 4. The number of anilines is 2. The maximum absolute atomic E-state index is 13.4. The van der Waals surface area contributed by atoms with Crippen LogP contribution in [0.2, 0.25) is 0 Å². The van der Waals surface area contributed by atoms with Gasteiger partial charge < -0.3 is 20.9 Å². The molecule has 2 aliphatic rings. The Morgan fingerprint density at radius 3 is 2.79 bits per heavy atom. The number of nitrogen functional groups attached to an aromatic ring is 1. The van der Waals surface area contributed by atoms with Crippen molar-refractivity contribution in [2.24, 2.45) is 5.92 Å². The van der Waals surface area contributed by atoms with Crippen LogP contribution in [-0.4, -0.2) is 57.6 Å². The number of thiazole rings is 1. The Kier molecular flexibility index (Phi) is 7.34. The van der Waals surface area contributed by atoms with E-state index >= 15 is 0 Å². The Hall–Kier alpha value is -3.53. The zero-order chi connectivity index (χ0) is 27.0. The van der Waals surface area contributed by atoms with Gasteiger partial charge in [0.2, 0.25) is 5.91 Å². The predicted octanol–water partition coefficient (Wildman–Crippen LogP) is 4.11. The maximum atomic E-state index is 13.4. The standard InChI is InChI=1S/C28H34N6O3S/c1-4-17-11-20(14-30-25(17)29)31-26(36)28(37)34-15-16(2)5-7-22(34)18-6-8-23-21(12-18)32-27(38-23)19-9-10-33(3)24(35)13-19/h6,8,11-12,14,16,19,22H,4-5,7,9-10,13,15H2,1-3H3,(H2,29,30)(H,31,36)/t16-,19-,22+/m0/s1. The molecule has 0 saturated carbocycles.